The van der Waals surface area contributed by atoms with Gasteiger partial charge in [-0.2, -0.15) is 4.31 Å². The summed E-state index contributed by atoms with van der Waals surface area (Å²) in [5, 5.41) is 0. The highest BCUT2D eigenvalue weighted by Gasteiger charge is 2.26. The molecule has 0 saturated heterocycles. The fourth-order valence-electron chi connectivity index (χ4n) is 1.17. The lowest BCUT2D eigenvalue weighted by Gasteiger charge is -2.21. The third-order valence-corrected chi connectivity index (χ3v) is 4.49. The predicted octanol–water partition coefficient (Wildman–Crippen LogP) is 1.44. The van der Waals surface area contributed by atoms with Crippen molar-refractivity contribution in [3.8, 4) is 0 Å². The van der Waals surface area contributed by atoms with E-state index in [0.29, 0.717) is 0 Å². The molecular weight excluding hydrogens is 231 g/mol. The minimum absolute atomic E-state index is 0.191. The normalized spacial score (nSPS) is 12.4. The highest BCUT2D eigenvalue weighted by atomic mass is 32.2. The Morgan fingerprint density at radius 1 is 1.38 bits per heavy atom. The first-order valence-electron chi connectivity index (χ1n) is 4.80. The molecule has 1 rings (SSSR count). The number of para-hydroxylation sites is 1. The second-order valence-electron chi connectivity index (χ2n) is 3.77. The zero-order valence-electron chi connectivity index (χ0n) is 9.44. The molecule has 1 aromatic carbocycles. The van der Waals surface area contributed by atoms with E-state index in [1.165, 1.54) is 19.2 Å². The van der Waals surface area contributed by atoms with Crippen LogP contribution in [-0.2, 0) is 10.0 Å². The number of nitrogen functional groups attached to an aromatic ring is 1. The summed E-state index contributed by atoms with van der Waals surface area (Å²) in [7, 11) is -2.29. The van der Waals surface area contributed by atoms with E-state index < -0.39 is 15.8 Å². The van der Waals surface area contributed by atoms with Gasteiger partial charge in [-0.15, -0.1) is 0 Å². The molecule has 0 fully saturated rings. The summed E-state index contributed by atoms with van der Waals surface area (Å²) < 4.78 is 38.4. The topological polar surface area (TPSA) is 63.4 Å². The molecule has 0 saturated carbocycles. The Morgan fingerprint density at radius 3 is 2.44 bits per heavy atom. The number of sulfonamides is 1. The van der Waals surface area contributed by atoms with E-state index in [2.05, 4.69) is 0 Å². The first kappa shape index (κ1) is 12.9. The van der Waals surface area contributed by atoms with E-state index >= 15 is 0 Å². The van der Waals surface area contributed by atoms with Crippen molar-refractivity contribution in [3.05, 3.63) is 24.0 Å². The quantitative estimate of drug-likeness (QED) is 0.821. The van der Waals surface area contributed by atoms with Gasteiger partial charge in [-0.1, -0.05) is 6.07 Å². The van der Waals surface area contributed by atoms with Crippen molar-refractivity contribution in [2.45, 2.75) is 24.8 Å². The average Bonchev–Trinajstić information content (AvgIpc) is 2.20. The SMILES string of the molecule is CC(C)N(C)S(=O)(=O)c1cccc(F)c1N. The summed E-state index contributed by atoms with van der Waals surface area (Å²) in [6.07, 6.45) is 0. The molecule has 0 aliphatic rings. The van der Waals surface area contributed by atoms with Gasteiger partial charge in [-0.3, -0.25) is 0 Å². The zero-order chi connectivity index (χ0) is 12.5. The van der Waals surface area contributed by atoms with Crippen LogP contribution in [0.25, 0.3) is 0 Å². The van der Waals surface area contributed by atoms with Gasteiger partial charge in [0, 0.05) is 13.1 Å². The van der Waals surface area contributed by atoms with Crippen molar-refractivity contribution in [1.82, 2.24) is 4.31 Å². The first-order valence-corrected chi connectivity index (χ1v) is 6.24. The van der Waals surface area contributed by atoms with E-state index in [9.17, 15) is 12.8 Å². The van der Waals surface area contributed by atoms with Crippen LogP contribution < -0.4 is 5.73 Å². The summed E-state index contributed by atoms with van der Waals surface area (Å²) in [4.78, 5) is -0.191. The molecule has 0 aromatic heterocycles. The number of nitrogens with zero attached hydrogens (tertiary/aromatic N) is 1. The van der Waals surface area contributed by atoms with E-state index in [0.717, 1.165) is 10.4 Å². The Balaban J connectivity index is 3.34. The molecule has 0 amide bonds. The van der Waals surface area contributed by atoms with Crippen LogP contribution in [-0.4, -0.2) is 25.8 Å². The highest BCUT2D eigenvalue weighted by molar-refractivity contribution is 7.89. The Kier molecular flexibility index (Phi) is 3.54. The van der Waals surface area contributed by atoms with Gasteiger partial charge in [-0.05, 0) is 26.0 Å². The minimum atomic E-state index is -3.72. The van der Waals surface area contributed by atoms with Crippen LogP contribution in [0.4, 0.5) is 10.1 Å². The van der Waals surface area contributed by atoms with Gasteiger partial charge in [0.1, 0.15) is 10.7 Å². The Labute approximate surface area is 94.9 Å². The molecule has 0 radical (unpaired) electrons. The molecule has 1 aromatic rings. The molecule has 0 spiro atoms. The van der Waals surface area contributed by atoms with Crippen molar-refractivity contribution in [2.24, 2.45) is 0 Å². The van der Waals surface area contributed by atoms with Crippen LogP contribution in [0.1, 0.15) is 13.8 Å². The molecular formula is C10H15FN2O2S. The summed E-state index contributed by atoms with van der Waals surface area (Å²) in [6.45, 7) is 3.46. The lowest BCUT2D eigenvalue weighted by molar-refractivity contribution is 0.410. The largest absolute Gasteiger partial charge is 0.395 e. The number of halogens is 1. The monoisotopic (exact) mass is 246 g/mol. The van der Waals surface area contributed by atoms with Crippen LogP contribution in [0.3, 0.4) is 0 Å². The maximum atomic E-state index is 13.2. The van der Waals surface area contributed by atoms with Gasteiger partial charge in [0.15, 0.2) is 0 Å². The number of hydrogen-bond acceptors (Lipinski definition) is 3. The number of nitrogens with two attached hydrogens (primary N) is 1. The molecule has 0 heterocycles. The summed E-state index contributed by atoms with van der Waals surface area (Å²) in [5.41, 5.74) is 5.09. The lowest BCUT2D eigenvalue weighted by Crippen LogP contribution is -2.33. The lowest BCUT2D eigenvalue weighted by atomic mass is 10.3. The molecule has 4 nitrogen and oxygen atoms in total. The van der Waals surface area contributed by atoms with Crippen molar-refractivity contribution < 1.29 is 12.8 Å². The first-order chi connectivity index (χ1) is 7.28. The molecule has 16 heavy (non-hydrogen) atoms. The molecule has 2 N–H and O–H groups in total. The third kappa shape index (κ3) is 2.17. The third-order valence-electron chi connectivity index (χ3n) is 2.40. The maximum absolute atomic E-state index is 13.2. The van der Waals surface area contributed by atoms with Crippen molar-refractivity contribution >= 4 is 15.7 Å². The van der Waals surface area contributed by atoms with Crippen LogP contribution in [0.5, 0.6) is 0 Å². The molecule has 0 aliphatic heterocycles. The van der Waals surface area contributed by atoms with Gasteiger partial charge < -0.3 is 5.73 Å². The van der Waals surface area contributed by atoms with Gasteiger partial charge in [0.05, 0.1) is 5.69 Å². The number of hydrogen-bond donors (Lipinski definition) is 1. The van der Waals surface area contributed by atoms with E-state index in [-0.39, 0.29) is 16.6 Å². The molecule has 0 aliphatic carbocycles. The summed E-state index contributed by atoms with van der Waals surface area (Å²) in [6, 6.07) is 3.54. The van der Waals surface area contributed by atoms with Gasteiger partial charge in [0.2, 0.25) is 10.0 Å². The fourth-order valence-corrected chi connectivity index (χ4v) is 2.67. The van der Waals surface area contributed by atoms with E-state index in [4.69, 9.17) is 5.73 Å². The standard InChI is InChI=1S/C10H15FN2O2S/c1-7(2)13(3)16(14,15)9-6-4-5-8(11)10(9)12/h4-7H,12H2,1-3H3. The van der Waals surface area contributed by atoms with Crippen molar-refractivity contribution in [1.29, 1.82) is 0 Å². The van der Waals surface area contributed by atoms with Crippen molar-refractivity contribution in [3.63, 3.8) is 0 Å². The smallest absolute Gasteiger partial charge is 0.245 e. The van der Waals surface area contributed by atoms with Gasteiger partial charge >= 0.3 is 0 Å². The Morgan fingerprint density at radius 2 is 1.94 bits per heavy atom. The predicted molar refractivity (Wildman–Crippen MR) is 60.9 cm³/mol. The average molecular weight is 246 g/mol. The van der Waals surface area contributed by atoms with E-state index in [1.807, 2.05) is 0 Å². The fraction of sp³-hybridized carbons (Fsp3) is 0.400. The van der Waals surface area contributed by atoms with Crippen LogP contribution in [0.15, 0.2) is 23.1 Å². The van der Waals surface area contributed by atoms with Gasteiger partial charge in [-0.25, -0.2) is 12.8 Å². The van der Waals surface area contributed by atoms with Gasteiger partial charge in [0.25, 0.3) is 0 Å². The summed E-state index contributed by atoms with van der Waals surface area (Å²) >= 11 is 0. The number of rotatable bonds is 3. The minimum Gasteiger partial charge on any atom is -0.395 e. The summed E-state index contributed by atoms with van der Waals surface area (Å²) in [5.74, 6) is -0.724. The second kappa shape index (κ2) is 4.39. The maximum Gasteiger partial charge on any atom is 0.245 e. The highest BCUT2D eigenvalue weighted by Crippen LogP contribution is 2.24. The molecule has 90 valence electrons. The molecule has 0 bridgehead atoms. The number of benzene rings is 1. The second-order valence-corrected chi connectivity index (χ2v) is 5.73. The zero-order valence-corrected chi connectivity index (χ0v) is 10.3. The van der Waals surface area contributed by atoms with Crippen LogP contribution >= 0.6 is 0 Å². The van der Waals surface area contributed by atoms with Crippen molar-refractivity contribution in [2.75, 3.05) is 12.8 Å². The van der Waals surface area contributed by atoms with Crippen LogP contribution in [0.2, 0.25) is 0 Å². The van der Waals surface area contributed by atoms with E-state index in [1.54, 1.807) is 13.8 Å². The molecule has 0 atom stereocenters. The Hall–Kier alpha value is -1.14. The molecule has 0 unspecified atom stereocenters. The Bertz CT molecular complexity index is 486. The number of anilines is 1. The molecule has 6 heteroatoms. The van der Waals surface area contributed by atoms with Crippen LogP contribution in [0, 0.1) is 5.82 Å².